The fourth-order valence-corrected chi connectivity index (χ4v) is 2.25. The molecule has 0 aliphatic heterocycles. The largest absolute Gasteiger partial charge is 1.00 e. The van der Waals surface area contributed by atoms with Gasteiger partial charge >= 0.3 is 0 Å². The lowest BCUT2D eigenvalue weighted by molar-refractivity contribution is -0.671. The van der Waals surface area contributed by atoms with Gasteiger partial charge in [-0.1, -0.05) is 18.2 Å². The number of halogens is 1. The van der Waals surface area contributed by atoms with Gasteiger partial charge in [0.1, 0.15) is 18.6 Å². The predicted molar refractivity (Wildman–Crippen MR) is 89.9 cm³/mol. The van der Waals surface area contributed by atoms with Crippen LogP contribution in [0.1, 0.15) is 11.1 Å². The summed E-state index contributed by atoms with van der Waals surface area (Å²) in [5.74, 6) is 0.452. The molecule has 7 nitrogen and oxygen atoms in total. The number of rotatable bonds is 5. The Bertz CT molecular complexity index is 860. The Morgan fingerprint density at radius 3 is 2.52 bits per heavy atom. The number of hydrogen-bond acceptors (Lipinski definition) is 5. The molecule has 3 aromatic rings. The Labute approximate surface area is 156 Å². The molecule has 0 unspecified atom stereocenters. The Balaban J connectivity index is 0.00000225. The second-order valence-electron chi connectivity index (χ2n) is 5.43. The smallest absolute Gasteiger partial charge is 0.168 e. The maximum Gasteiger partial charge on any atom is 0.168 e. The van der Waals surface area contributed by atoms with Gasteiger partial charge in [-0.3, -0.25) is 0 Å². The van der Waals surface area contributed by atoms with Gasteiger partial charge in [0.05, 0.1) is 25.0 Å². The van der Waals surface area contributed by atoms with Crippen LogP contribution in [-0.4, -0.2) is 14.9 Å². The highest BCUT2D eigenvalue weighted by atomic mass is 79.9. The molecule has 0 fully saturated rings. The number of nitrogens with zero attached hydrogens (tertiary/aromatic N) is 5. The first kappa shape index (κ1) is 18.8. The highest BCUT2D eigenvalue weighted by Gasteiger charge is 2.08. The number of hydrogen-bond donors (Lipinski definition) is 2. The van der Waals surface area contributed by atoms with E-state index in [-0.39, 0.29) is 23.6 Å². The van der Waals surface area contributed by atoms with Crippen LogP contribution >= 0.6 is 0 Å². The Hall–Kier alpha value is -2.58. The monoisotopic (exact) mass is 402 g/mol. The molecule has 130 valence electrons. The summed E-state index contributed by atoms with van der Waals surface area (Å²) < 4.78 is 3.65. The third-order valence-electron chi connectivity index (χ3n) is 3.67. The molecule has 3 rings (SSSR count). The number of nitrogens with two attached hydrogens (primary N) is 1. The van der Waals surface area contributed by atoms with Gasteiger partial charge < -0.3 is 27.8 Å². The third-order valence-corrected chi connectivity index (χ3v) is 3.67. The summed E-state index contributed by atoms with van der Waals surface area (Å²) in [6, 6.07) is 11.3. The van der Waals surface area contributed by atoms with Crippen LogP contribution in [0.15, 0.2) is 65.2 Å². The van der Waals surface area contributed by atoms with Crippen molar-refractivity contribution in [1.29, 1.82) is 0 Å². The summed E-state index contributed by atoms with van der Waals surface area (Å²) in [5, 5.41) is 21.9. The van der Waals surface area contributed by atoms with E-state index in [1.807, 2.05) is 48.3 Å². The molecule has 1 aromatic carbocycles. The number of aliphatic hydroxyl groups excluding tert-OH is 1. The van der Waals surface area contributed by atoms with Gasteiger partial charge in [-0.05, 0) is 11.6 Å². The van der Waals surface area contributed by atoms with E-state index >= 15 is 0 Å². The molecule has 0 spiro atoms. The van der Waals surface area contributed by atoms with Gasteiger partial charge in [0.2, 0.25) is 0 Å². The van der Waals surface area contributed by atoms with E-state index < -0.39 is 0 Å². The minimum Gasteiger partial charge on any atom is -1.00 e. The van der Waals surface area contributed by atoms with Crippen LogP contribution in [0.2, 0.25) is 0 Å². The number of anilines is 1. The predicted octanol–water partition coefficient (Wildman–Crippen LogP) is -0.750. The quantitative estimate of drug-likeness (QED) is 0.434. The lowest BCUT2D eigenvalue weighted by Gasteiger charge is -2.03. The second kappa shape index (κ2) is 8.50. The molecule has 0 saturated carbocycles. The van der Waals surface area contributed by atoms with Crippen LogP contribution in [0.5, 0.6) is 0 Å². The van der Waals surface area contributed by atoms with Crippen molar-refractivity contribution in [2.45, 2.75) is 13.2 Å². The maximum absolute atomic E-state index is 9.31. The average Bonchev–Trinajstić information content (AvgIpc) is 2.95. The summed E-state index contributed by atoms with van der Waals surface area (Å²) in [4.78, 5) is 0. The van der Waals surface area contributed by atoms with Gasteiger partial charge in [0.25, 0.3) is 0 Å². The fourth-order valence-electron chi connectivity index (χ4n) is 2.25. The molecule has 0 bridgehead atoms. The molecular weight excluding hydrogens is 384 g/mol. The van der Waals surface area contributed by atoms with E-state index in [4.69, 9.17) is 5.73 Å². The van der Waals surface area contributed by atoms with Crippen LogP contribution in [0.3, 0.4) is 0 Å². The minimum absolute atomic E-state index is 0. The summed E-state index contributed by atoms with van der Waals surface area (Å²) in [6.45, 7) is 0.477. The van der Waals surface area contributed by atoms with Crippen molar-refractivity contribution in [2.75, 3.05) is 5.73 Å². The highest BCUT2D eigenvalue weighted by Crippen LogP contribution is 2.26. The van der Waals surface area contributed by atoms with Crippen LogP contribution in [0.25, 0.3) is 0 Å². The SMILES string of the molecule is C[n+]1ccc(Cn2ncc(N=Nc3ccccc3CO)c2N)cc1.[Br-]. The van der Waals surface area contributed by atoms with Crippen molar-refractivity contribution >= 4 is 17.2 Å². The zero-order valence-corrected chi connectivity index (χ0v) is 15.3. The number of aliphatic hydroxyl groups is 1. The van der Waals surface area contributed by atoms with Gasteiger partial charge in [-0.2, -0.15) is 5.10 Å². The molecule has 0 aliphatic rings. The standard InChI is InChI=1S/C17H19N6O.BrH/c1-22-8-6-13(7-9-22)11-23-17(18)16(10-19-23)21-20-15-5-3-2-4-14(15)12-24;/h2-10,24H,11-12,18H2,1H3;1H/q+1;/p-1. The zero-order chi connectivity index (χ0) is 16.9. The van der Waals surface area contributed by atoms with Crippen molar-refractivity contribution in [3.63, 3.8) is 0 Å². The molecule has 0 atom stereocenters. The molecule has 0 saturated heterocycles. The lowest BCUT2D eigenvalue weighted by Crippen LogP contribution is -3.00. The summed E-state index contributed by atoms with van der Waals surface area (Å²) in [7, 11) is 1.97. The molecular formula is C17H19BrN6O. The number of azo groups is 1. The first-order valence-corrected chi connectivity index (χ1v) is 7.53. The summed E-state index contributed by atoms with van der Waals surface area (Å²) in [5.41, 5.74) is 9.03. The summed E-state index contributed by atoms with van der Waals surface area (Å²) >= 11 is 0. The maximum atomic E-state index is 9.31. The van der Waals surface area contributed by atoms with Crippen molar-refractivity contribution in [3.8, 4) is 0 Å². The minimum atomic E-state index is -0.0879. The molecule has 0 radical (unpaired) electrons. The Morgan fingerprint density at radius 2 is 1.80 bits per heavy atom. The van der Waals surface area contributed by atoms with Crippen molar-refractivity contribution < 1.29 is 26.7 Å². The third kappa shape index (κ3) is 4.49. The summed E-state index contributed by atoms with van der Waals surface area (Å²) in [6.07, 6.45) is 5.53. The average molecular weight is 403 g/mol. The van der Waals surface area contributed by atoms with Gasteiger partial charge in [-0.25, -0.2) is 9.25 Å². The zero-order valence-electron chi connectivity index (χ0n) is 13.7. The topological polar surface area (TPSA) is 92.7 Å². The van der Waals surface area contributed by atoms with E-state index in [9.17, 15) is 5.11 Å². The van der Waals surface area contributed by atoms with E-state index in [1.54, 1.807) is 23.0 Å². The molecule has 2 heterocycles. The van der Waals surface area contributed by atoms with E-state index in [2.05, 4.69) is 15.3 Å². The van der Waals surface area contributed by atoms with Crippen molar-refractivity contribution in [1.82, 2.24) is 9.78 Å². The normalized spacial score (nSPS) is 10.8. The van der Waals surface area contributed by atoms with Gasteiger partial charge in [-0.15, -0.1) is 10.2 Å². The van der Waals surface area contributed by atoms with Crippen LogP contribution in [0.4, 0.5) is 17.2 Å². The number of aromatic nitrogens is 3. The van der Waals surface area contributed by atoms with E-state index in [0.717, 1.165) is 5.56 Å². The van der Waals surface area contributed by atoms with Gasteiger partial charge in [0, 0.05) is 17.7 Å². The number of pyridine rings is 1. The molecule has 8 heteroatoms. The molecule has 2 aromatic heterocycles. The number of aryl methyl sites for hydroxylation is 1. The van der Waals surface area contributed by atoms with Crippen LogP contribution < -0.4 is 27.3 Å². The van der Waals surface area contributed by atoms with E-state index in [0.29, 0.717) is 29.3 Å². The first-order chi connectivity index (χ1) is 11.7. The molecule has 3 N–H and O–H groups in total. The van der Waals surface area contributed by atoms with Crippen LogP contribution in [-0.2, 0) is 20.2 Å². The number of nitrogen functional groups attached to an aromatic ring is 1. The molecule has 25 heavy (non-hydrogen) atoms. The van der Waals surface area contributed by atoms with E-state index in [1.165, 1.54) is 0 Å². The lowest BCUT2D eigenvalue weighted by atomic mass is 10.2. The highest BCUT2D eigenvalue weighted by molar-refractivity contribution is 5.57. The van der Waals surface area contributed by atoms with Gasteiger partial charge in [0.15, 0.2) is 12.4 Å². The van der Waals surface area contributed by atoms with Crippen molar-refractivity contribution in [3.05, 3.63) is 66.1 Å². The number of benzene rings is 1. The first-order valence-electron chi connectivity index (χ1n) is 7.53. The van der Waals surface area contributed by atoms with Crippen LogP contribution in [0, 0.1) is 0 Å². The molecule has 0 amide bonds. The molecule has 0 aliphatic carbocycles. The second-order valence-corrected chi connectivity index (χ2v) is 5.43. The fraction of sp³-hybridized carbons (Fsp3) is 0.176. The van der Waals surface area contributed by atoms with Crippen molar-refractivity contribution in [2.24, 2.45) is 17.3 Å². The Morgan fingerprint density at radius 1 is 1.12 bits per heavy atom. The Kier molecular flexibility index (Phi) is 6.37.